The summed E-state index contributed by atoms with van der Waals surface area (Å²) in [4.78, 5) is 11.4. The highest BCUT2D eigenvalue weighted by atomic mass is 79.9. The number of benzene rings is 2. The van der Waals surface area contributed by atoms with Crippen LogP contribution in [0.5, 0.6) is 5.75 Å². The van der Waals surface area contributed by atoms with E-state index in [1.807, 2.05) is 13.0 Å². The van der Waals surface area contributed by atoms with E-state index in [1.165, 1.54) is 16.8 Å². The normalized spacial score (nSPS) is 13.5. The minimum atomic E-state index is -0.749. The lowest BCUT2D eigenvalue weighted by atomic mass is 9.89. The number of methoxy groups -OCH3 is 1. The van der Waals surface area contributed by atoms with Crippen LogP contribution in [0.25, 0.3) is 10.9 Å². The molecular formula is C23H26BrNO3. The van der Waals surface area contributed by atoms with E-state index in [2.05, 4.69) is 63.8 Å². The van der Waals surface area contributed by atoms with Gasteiger partial charge in [0, 0.05) is 27.6 Å². The lowest BCUT2D eigenvalue weighted by Crippen LogP contribution is -2.20. The summed E-state index contributed by atoms with van der Waals surface area (Å²) in [6.45, 7) is 6.68. The van der Waals surface area contributed by atoms with Crippen LogP contribution in [-0.4, -0.2) is 22.8 Å². The molecule has 0 aliphatic carbocycles. The number of hydrogen-bond acceptors (Lipinski definition) is 2. The van der Waals surface area contributed by atoms with E-state index in [0.717, 1.165) is 34.1 Å². The number of carboxylic acid groups (broad SMARTS) is 1. The van der Waals surface area contributed by atoms with Crippen LogP contribution < -0.4 is 4.74 Å². The van der Waals surface area contributed by atoms with Crippen molar-refractivity contribution in [2.45, 2.75) is 33.7 Å². The maximum Gasteiger partial charge on any atom is 0.306 e. The quantitative estimate of drug-likeness (QED) is 0.511. The molecule has 0 fully saturated rings. The molecule has 0 radical (unpaired) electrons. The van der Waals surface area contributed by atoms with Crippen molar-refractivity contribution in [2.24, 2.45) is 11.8 Å². The van der Waals surface area contributed by atoms with Crippen LogP contribution in [-0.2, 0) is 17.8 Å². The maximum atomic E-state index is 11.4. The molecule has 0 unspecified atom stereocenters. The summed E-state index contributed by atoms with van der Waals surface area (Å²) in [5.74, 6) is -0.293. The highest BCUT2D eigenvalue weighted by molar-refractivity contribution is 9.10. The van der Waals surface area contributed by atoms with E-state index in [1.54, 1.807) is 14.0 Å². The Labute approximate surface area is 174 Å². The number of aliphatic carboxylic acids is 1. The molecule has 1 heterocycles. The van der Waals surface area contributed by atoms with Gasteiger partial charge in [-0.25, -0.2) is 0 Å². The Hall–Kier alpha value is -2.27. The Morgan fingerprint density at radius 3 is 2.46 bits per heavy atom. The van der Waals surface area contributed by atoms with Crippen molar-refractivity contribution in [1.29, 1.82) is 0 Å². The summed E-state index contributed by atoms with van der Waals surface area (Å²) < 4.78 is 8.81. The number of aromatic nitrogens is 1. The lowest BCUT2D eigenvalue weighted by molar-refractivity contribution is -0.142. The topological polar surface area (TPSA) is 51.5 Å². The van der Waals surface area contributed by atoms with Crippen LogP contribution >= 0.6 is 15.9 Å². The van der Waals surface area contributed by atoms with Gasteiger partial charge in [-0.3, -0.25) is 4.79 Å². The highest BCUT2D eigenvalue weighted by Crippen LogP contribution is 2.33. The molecule has 0 aliphatic heterocycles. The zero-order valence-electron chi connectivity index (χ0n) is 16.7. The van der Waals surface area contributed by atoms with Crippen molar-refractivity contribution >= 4 is 32.8 Å². The SMILES string of the molecule is COc1ccc2c(c1)c(C[C@H](C)[C@H](C)C(=O)O)c(C)n2Cc1ccc(Br)cc1. The first-order valence-electron chi connectivity index (χ1n) is 9.44. The van der Waals surface area contributed by atoms with Crippen LogP contribution in [0.4, 0.5) is 0 Å². The first-order chi connectivity index (χ1) is 13.3. The van der Waals surface area contributed by atoms with E-state index in [9.17, 15) is 9.90 Å². The predicted octanol–water partition coefficient (Wildman–Crippen LogP) is 5.67. The van der Waals surface area contributed by atoms with Gasteiger partial charge in [-0.05, 0) is 60.7 Å². The molecule has 0 bridgehead atoms. The summed E-state index contributed by atoms with van der Waals surface area (Å²) in [5, 5.41) is 10.5. The minimum absolute atomic E-state index is 0.0362. The number of carboxylic acids is 1. The molecule has 0 saturated heterocycles. The third-order valence-electron chi connectivity index (χ3n) is 5.68. The van der Waals surface area contributed by atoms with Gasteiger partial charge in [0.2, 0.25) is 0 Å². The summed E-state index contributed by atoms with van der Waals surface area (Å²) in [6.07, 6.45) is 0.719. The van der Waals surface area contributed by atoms with Gasteiger partial charge in [-0.2, -0.15) is 0 Å². The fourth-order valence-electron chi connectivity index (χ4n) is 3.63. The molecule has 148 valence electrons. The molecule has 0 spiro atoms. The zero-order chi connectivity index (χ0) is 20.4. The number of carbonyl (C=O) groups is 1. The first kappa shape index (κ1) is 20.5. The van der Waals surface area contributed by atoms with Crippen LogP contribution in [0.1, 0.15) is 30.7 Å². The fourth-order valence-corrected chi connectivity index (χ4v) is 3.90. The number of halogens is 1. The Morgan fingerprint density at radius 2 is 1.86 bits per heavy atom. The van der Waals surface area contributed by atoms with Gasteiger partial charge in [-0.15, -0.1) is 0 Å². The maximum absolute atomic E-state index is 11.4. The second-order valence-electron chi connectivity index (χ2n) is 7.47. The van der Waals surface area contributed by atoms with Gasteiger partial charge in [0.05, 0.1) is 13.0 Å². The summed E-state index contributed by atoms with van der Waals surface area (Å²) in [6, 6.07) is 14.5. The van der Waals surface area contributed by atoms with Crippen molar-refractivity contribution in [3.05, 3.63) is 63.8 Å². The van der Waals surface area contributed by atoms with Gasteiger partial charge < -0.3 is 14.4 Å². The Balaban J connectivity index is 2.07. The molecule has 1 aromatic heterocycles. The molecule has 5 heteroatoms. The predicted molar refractivity (Wildman–Crippen MR) is 116 cm³/mol. The molecular weight excluding hydrogens is 418 g/mol. The average molecular weight is 444 g/mol. The standard InChI is InChI=1S/C23H26BrNO3/c1-14(15(2)23(26)27)11-20-16(3)25(13-17-5-7-18(24)8-6-17)22-10-9-19(28-4)12-21(20)22/h5-10,12,14-15H,11,13H2,1-4H3,(H,26,27)/t14-,15-/m0/s1. The Bertz CT molecular complexity index is 991. The number of hydrogen-bond donors (Lipinski definition) is 1. The van der Waals surface area contributed by atoms with E-state index in [4.69, 9.17) is 4.74 Å². The van der Waals surface area contributed by atoms with Crippen LogP contribution in [0.3, 0.4) is 0 Å². The highest BCUT2D eigenvalue weighted by Gasteiger charge is 2.23. The third kappa shape index (κ3) is 4.09. The minimum Gasteiger partial charge on any atom is -0.497 e. The molecule has 28 heavy (non-hydrogen) atoms. The largest absolute Gasteiger partial charge is 0.497 e. The smallest absolute Gasteiger partial charge is 0.306 e. The Morgan fingerprint density at radius 1 is 1.18 bits per heavy atom. The van der Waals surface area contributed by atoms with Crippen molar-refractivity contribution < 1.29 is 14.6 Å². The molecule has 2 aromatic carbocycles. The Kier molecular flexibility index (Phi) is 6.14. The van der Waals surface area contributed by atoms with Crippen LogP contribution in [0, 0.1) is 18.8 Å². The third-order valence-corrected chi connectivity index (χ3v) is 6.21. The second kappa shape index (κ2) is 8.39. The number of ether oxygens (including phenoxy) is 1. The van der Waals surface area contributed by atoms with E-state index < -0.39 is 11.9 Å². The van der Waals surface area contributed by atoms with Crippen molar-refractivity contribution in [3.63, 3.8) is 0 Å². The zero-order valence-corrected chi connectivity index (χ0v) is 18.3. The van der Waals surface area contributed by atoms with E-state index in [-0.39, 0.29) is 5.92 Å². The molecule has 0 aliphatic rings. The van der Waals surface area contributed by atoms with Crippen LogP contribution in [0.15, 0.2) is 46.9 Å². The van der Waals surface area contributed by atoms with Crippen LogP contribution in [0.2, 0.25) is 0 Å². The molecule has 3 aromatic rings. The number of nitrogens with zero attached hydrogens (tertiary/aromatic N) is 1. The van der Waals surface area contributed by atoms with Crippen molar-refractivity contribution in [3.8, 4) is 5.75 Å². The first-order valence-corrected chi connectivity index (χ1v) is 10.2. The van der Waals surface area contributed by atoms with Gasteiger partial charge in [0.1, 0.15) is 5.75 Å². The molecule has 4 nitrogen and oxygen atoms in total. The van der Waals surface area contributed by atoms with Gasteiger partial charge in [0.15, 0.2) is 0 Å². The van der Waals surface area contributed by atoms with Crippen molar-refractivity contribution in [1.82, 2.24) is 4.57 Å². The van der Waals surface area contributed by atoms with Gasteiger partial charge in [0.25, 0.3) is 0 Å². The fraction of sp³-hybridized carbons (Fsp3) is 0.348. The van der Waals surface area contributed by atoms with E-state index in [0.29, 0.717) is 0 Å². The molecule has 0 amide bonds. The average Bonchev–Trinajstić information content (AvgIpc) is 2.93. The summed E-state index contributed by atoms with van der Waals surface area (Å²) in [7, 11) is 1.67. The monoisotopic (exact) mass is 443 g/mol. The van der Waals surface area contributed by atoms with E-state index >= 15 is 0 Å². The lowest BCUT2D eigenvalue weighted by Gasteiger charge is -2.16. The molecule has 0 saturated carbocycles. The number of fused-ring (bicyclic) bond motifs is 1. The van der Waals surface area contributed by atoms with Gasteiger partial charge in [-0.1, -0.05) is 41.9 Å². The van der Waals surface area contributed by atoms with Gasteiger partial charge >= 0.3 is 5.97 Å². The number of rotatable bonds is 7. The van der Waals surface area contributed by atoms with Crippen molar-refractivity contribution in [2.75, 3.05) is 7.11 Å². The molecule has 3 rings (SSSR count). The molecule has 1 N–H and O–H groups in total. The summed E-state index contributed by atoms with van der Waals surface area (Å²) in [5.41, 5.74) is 4.74. The summed E-state index contributed by atoms with van der Waals surface area (Å²) >= 11 is 3.49. The second-order valence-corrected chi connectivity index (χ2v) is 8.38. The molecule has 2 atom stereocenters.